The molecule has 32 heavy (non-hydrogen) atoms. The van der Waals surface area contributed by atoms with Gasteiger partial charge in [-0.2, -0.15) is 0 Å². The summed E-state index contributed by atoms with van der Waals surface area (Å²) < 4.78 is 17.6. The number of cyclic esters (lactones) is 1. The van der Waals surface area contributed by atoms with E-state index in [1.54, 1.807) is 11.8 Å². The lowest BCUT2D eigenvalue weighted by Crippen LogP contribution is -2.42. The van der Waals surface area contributed by atoms with Crippen LogP contribution in [-0.2, 0) is 18.5 Å². The second-order valence-corrected chi connectivity index (χ2v) is 12.5. The molecule has 1 heterocycles. The Morgan fingerprint density at radius 3 is 2.66 bits per heavy atom. The molecular weight excluding hydrogens is 555 g/mol. The zero-order chi connectivity index (χ0) is 23.8. The van der Waals surface area contributed by atoms with E-state index >= 15 is 0 Å². The van der Waals surface area contributed by atoms with Gasteiger partial charge in [0, 0.05) is 21.2 Å². The Morgan fingerprint density at radius 1 is 1.22 bits per heavy atom. The summed E-state index contributed by atoms with van der Waals surface area (Å²) in [5.41, 5.74) is -0.786. The molecule has 0 aromatic heterocycles. The monoisotopic (exact) mass is 600 g/mol. The van der Waals surface area contributed by atoms with E-state index in [1.807, 2.05) is 20.8 Å². The Kier molecular flexibility index (Phi) is 12.5. The van der Waals surface area contributed by atoms with Crippen molar-refractivity contribution in [3.63, 3.8) is 0 Å². The maximum atomic E-state index is 12.4. The van der Waals surface area contributed by atoms with E-state index in [4.69, 9.17) is 13.7 Å². The van der Waals surface area contributed by atoms with Gasteiger partial charge in [-0.3, -0.25) is 0 Å². The molecule has 0 amide bonds. The standard InChI is InChI=1S/C23H39IO4S2.C2H6/c1-5-6-15-29-21-26-20(25)23(4,27-21)14-7-9-16(2)17-11-12-18-19(28-30-24)10-8-13-22(17,18)3;1-2/h16-19,21H,5-15H2,1-4H3;1-2H3/t16-,17?,18?,19?,21-,22?,23-;/m1./s1. The summed E-state index contributed by atoms with van der Waals surface area (Å²) in [7, 11) is 1.51. The van der Waals surface area contributed by atoms with Gasteiger partial charge >= 0.3 is 5.97 Å². The third-order valence-corrected chi connectivity index (χ3v) is 9.97. The van der Waals surface area contributed by atoms with Gasteiger partial charge in [-0.15, -0.1) is 0 Å². The minimum atomic E-state index is -0.771. The number of carbonyl (C=O) groups excluding carboxylic acids is 1. The highest BCUT2D eigenvalue weighted by atomic mass is 127. The van der Waals surface area contributed by atoms with E-state index < -0.39 is 11.2 Å². The first-order valence-electron chi connectivity index (χ1n) is 12.8. The van der Waals surface area contributed by atoms with Gasteiger partial charge in [-0.25, -0.2) is 4.79 Å². The Hall–Kier alpha value is 0.820. The lowest BCUT2D eigenvalue weighted by Gasteiger charge is -2.46. The Balaban J connectivity index is 0.00000176. The van der Waals surface area contributed by atoms with Crippen molar-refractivity contribution in [2.75, 3.05) is 5.75 Å². The number of unbranched alkanes of at least 4 members (excludes halogenated alkanes) is 1. The number of halogens is 1. The molecular formula is C25H45IO4S2. The molecule has 7 atom stereocenters. The van der Waals surface area contributed by atoms with Crippen molar-refractivity contribution in [2.45, 2.75) is 123 Å². The summed E-state index contributed by atoms with van der Waals surface area (Å²) in [4.78, 5) is 12.4. The van der Waals surface area contributed by atoms with Crippen molar-refractivity contribution in [2.24, 2.45) is 23.2 Å². The Morgan fingerprint density at radius 2 is 1.97 bits per heavy atom. The first-order valence-corrected chi connectivity index (χ1v) is 17.1. The van der Waals surface area contributed by atoms with Crippen molar-refractivity contribution >= 4 is 48.2 Å². The SMILES string of the molecule is CC.CCCCS[C@@H]1OC(=O)[C@@](C)(CCC[C@@H](C)C2CCC3C(OSI)CCCC32C)O1. The van der Waals surface area contributed by atoms with Gasteiger partial charge in [0.05, 0.1) is 15.3 Å². The Labute approximate surface area is 217 Å². The summed E-state index contributed by atoms with van der Waals surface area (Å²) in [5.74, 6) is 2.92. The van der Waals surface area contributed by atoms with E-state index in [0.717, 1.165) is 43.8 Å². The molecule has 7 heteroatoms. The number of carbonyl (C=O) groups is 1. The average molecular weight is 601 g/mol. The summed E-state index contributed by atoms with van der Waals surface area (Å²) >= 11 is 3.87. The van der Waals surface area contributed by atoms with Crippen LogP contribution in [0.3, 0.4) is 0 Å². The van der Waals surface area contributed by atoms with E-state index in [1.165, 1.54) is 41.3 Å². The smallest absolute Gasteiger partial charge is 0.341 e. The summed E-state index contributed by atoms with van der Waals surface area (Å²) in [6.45, 7) is 13.0. The van der Waals surface area contributed by atoms with Crippen LogP contribution in [-0.4, -0.2) is 29.0 Å². The minimum Gasteiger partial charge on any atom is -0.424 e. The van der Waals surface area contributed by atoms with Gasteiger partial charge in [-0.05, 0) is 80.8 Å². The molecule has 4 nitrogen and oxygen atoms in total. The quantitative estimate of drug-likeness (QED) is 0.102. The summed E-state index contributed by atoms with van der Waals surface area (Å²) in [6.07, 6.45) is 12.1. The van der Waals surface area contributed by atoms with Crippen LogP contribution in [0.2, 0.25) is 0 Å². The van der Waals surface area contributed by atoms with Crippen LogP contribution in [0.5, 0.6) is 0 Å². The normalized spacial score (nSPS) is 37.4. The fourth-order valence-electron chi connectivity index (χ4n) is 6.27. The third kappa shape index (κ3) is 6.94. The van der Waals surface area contributed by atoms with Gasteiger partial charge in [0.15, 0.2) is 5.60 Å². The topological polar surface area (TPSA) is 44.8 Å². The average Bonchev–Trinajstić information content (AvgIpc) is 3.26. The highest BCUT2D eigenvalue weighted by Gasteiger charge is 2.53. The molecule has 2 aliphatic carbocycles. The van der Waals surface area contributed by atoms with E-state index in [2.05, 4.69) is 42.0 Å². The summed E-state index contributed by atoms with van der Waals surface area (Å²) in [6, 6.07) is 0. The Bertz CT molecular complexity index is 578. The van der Waals surface area contributed by atoms with E-state index in [-0.39, 0.29) is 5.97 Å². The number of ether oxygens (including phenoxy) is 2. The van der Waals surface area contributed by atoms with Crippen LogP contribution in [0.4, 0.5) is 0 Å². The predicted octanol–water partition coefficient (Wildman–Crippen LogP) is 8.57. The zero-order valence-electron chi connectivity index (χ0n) is 21.0. The summed E-state index contributed by atoms with van der Waals surface area (Å²) in [5, 5.41) is 0. The predicted molar refractivity (Wildman–Crippen MR) is 146 cm³/mol. The minimum absolute atomic E-state index is 0.180. The first kappa shape index (κ1) is 29.1. The molecule has 4 unspecified atom stereocenters. The molecule has 0 aromatic rings. The number of hydrogen-bond donors (Lipinski definition) is 0. The molecule has 1 aliphatic heterocycles. The van der Waals surface area contributed by atoms with Gasteiger partial charge < -0.3 is 13.7 Å². The van der Waals surface area contributed by atoms with Crippen LogP contribution >= 0.6 is 42.2 Å². The fraction of sp³-hybridized carbons (Fsp3) is 0.960. The highest BCUT2D eigenvalue weighted by Crippen LogP contribution is 2.59. The van der Waals surface area contributed by atoms with Crippen molar-refractivity contribution in [1.82, 2.24) is 0 Å². The number of rotatable bonds is 11. The second kappa shape index (κ2) is 13.8. The van der Waals surface area contributed by atoms with Gasteiger partial charge in [0.1, 0.15) is 0 Å². The van der Waals surface area contributed by atoms with Crippen LogP contribution in [0, 0.1) is 23.2 Å². The molecule has 188 valence electrons. The van der Waals surface area contributed by atoms with E-state index in [9.17, 15) is 4.79 Å². The number of esters is 1. The third-order valence-electron chi connectivity index (χ3n) is 8.04. The van der Waals surface area contributed by atoms with Crippen LogP contribution in [0.25, 0.3) is 0 Å². The van der Waals surface area contributed by atoms with Crippen LogP contribution < -0.4 is 0 Å². The maximum absolute atomic E-state index is 12.4. The molecule has 0 N–H and O–H groups in total. The van der Waals surface area contributed by atoms with Gasteiger partial charge in [-0.1, -0.05) is 65.6 Å². The van der Waals surface area contributed by atoms with Crippen molar-refractivity contribution in [1.29, 1.82) is 0 Å². The molecule has 2 saturated carbocycles. The molecule has 3 aliphatic rings. The fourth-order valence-corrected chi connectivity index (χ4v) is 8.48. The molecule has 0 spiro atoms. The second-order valence-electron chi connectivity index (χ2n) is 10.0. The maximum Gasteiger partial charge on any atom is 0.341 e. The molecule has 0 bridgehead atoms. The lowest BCUT2D eigenvalue weighted by atomic mass is 9.61. The van der Waals surface area contributed by atoms with Crippen LogP contribution in [0.1, 0.15) is 106 Å². The number of thioether (sulfide) groups is 1. The largest absolute Gasteiger partial charge is 0.424 e. The first-order chi connectivity index (χ1) is 15.3. The molecule has 1 saturated heterocycles. The van der Waals surface area contributed by atoms with Crippen LogP contribution in [0.15, 0.2) is 0 Å². The lowest BCUT2D eigenvalue weighted by molar-refractivity contribution is -0.143. The van der Waals surface area contributed by atoms with E-state index in [0.29, 0.717) is 23.4 Å². The van der Waals surface area contributed by atoms with Gasteiger partial charge in [0.25, 0.3) is 5.62 Å². The molecule has 3 rings (SSSR count). The number of hydrogen-bond acceptors (Lipinski definition) is 6. The van der Waals surface area contributed by atoms with Crippen molar-refractivity contribution in [3.05, 3.63) is 0 Å². The van der Waals surface area contributed by atoms with Gasteiger partial charge in [0.2, 0.25) is 0 Å². The van der Waals surface area contributed by atoms with Crippen molar-refractivity contribution in [3.8, 4) is 0 Å². The molecule has 3 fully saturated rings. The number of fused-ring (bicyclic) bond motifs is 1. The highest BCUT2D eigenvalue weighted by molar-refractivity contribution is 14.2. The van der Waals surface area contributed by atoms with Crippen molar-refractivity contribution < 1.29 is 18.5 Å². The molecule has 0 aromatic carbocycles. The zero-order valence-corrected chi connectivity index (χ0v) is 24.8. The molecule has 0 radical (unpaired) electrons.